The molecule has 1 heterocycles. The highest BCUT2D eigenvalue weighted by Crippen LogP contribution is 2.25. The van der Waals surface area contributed by atoms with Gasteiger partial charge in [-0.3, -0.25) is 0 Å². The maximum atomic E-state index is 9.01. The third kappa shape index (κ3) is 4.36. The smallest absolute Gasteiger partial charge is 0.0767 e. The van der Waals surface area contributed by atoms with Gasteiger partial charge in [-0.15, -0.1) is 11.6 Å². The molecule has 4 atom stereocenters. The summed E-state index contributed by atoms with van der Waals surface area (Å²) in [6.45, 7) is 2.26. The number of rotatable bonds is 4. The van der Waals surface area contributed by atoms with E-state index >= 15 is 0 Å². The number of ether oxygens (including phenoxy) is 1. The molecule has 1 rings (SSSR count). The second-order valence-electron chi connectivity index (χ2n) is 4.11. The van der Waals surface area contributed by atoms with Crippen molar-refractivity contribution in [3.05, 3.63) is 12.2 Å². The lowest BCUT2D eigenvalue weighted by molar-refractivity contribution is -0.0247. The van der Waals surface area contributed by atoms with Crippen molar-refractivity contribution in [3.8, 4) is 0 Å². The number of aliphatic hydroxyl groups is 1. The van der Waals surface area contributed by atoms with E-state index in [-0.39, 0.29) is 24.2 Å². The fourth-order valence-corrected chi connectivity index (χ4v) is 2.47. The minimum atomic E-state index is -0.0479. The Labute approximate surface area is 111 Å². The summed E-state index contributed by atoms with van der Waals surface area (Å²) in [5.41, 5.74) is 0. The molecule has 2 nitrogen and oxygen atoms in total. The Morgan fingerprint density at radius 3 is 2.81 bits per heavy atom. The molecule has 4 heteroatoms. The summed E-state index contributed by atoms with van der Waals surface area (Å²) in [6.07, 6.45) is 7.73. The van der Waals surface area contributed by atoms with E-state index in [4.69, 9.17) is 21.4 Å². The van der Waals surface area contributed by atoms with Gasteiger partial charge in [-0.05, 0) is 25.7 Å². The van der Waals surface area contributed by atoms with E-state index < -0.39 is 0 Å². The van der Waals surface area contributed by atoms with Crippen molar-refractivity contribution >= 4 is 27.5 Å². The molecule has 94 valence electrons. The standard InChI is InChI=1S/C12H20BrClO2/c1-2-9(13)11-6-4-3-5-10(14)12(16-11)7-8-15/h3-4,9-12,15H,2,5-8H2,1H3/b4-3-/t9-,10-,11+,12-/m0/s1. The third-order valence-electron chi connectivity index (χ3n) is 2.86. The molecule has 16 heavy (non-hydrogen) atoms. The second kappa shape index (κ2) is 7.70. The summed E-state index contributed by atoms with van der Waals surface area (Å²) in [5, 5.41) is 8.97. The number of hydrogen-bond acceptors (Lipinski definition) is 2. The summed E-state index contributed by atoms with van der Waals surface area (Å²) < 4.78 is 6.01. The predicted octanol–water partition coefficient (Wildman–Crippen LogP) is 3.25. The van der Waals surface area contributed by atoms with Crippen LogP contribution in [-0.4, -0.2) is 34.1 Å². The van der Waals surface area contributed by atoms with E-state index in [0.29, 0.717) is 11.2 Å². The Hall–Kier alpha value is 0.430. The molecule has 0 radical (unpaired) electrons. The Balaban J connectivity index is 2.65. The highest BCUT2D eigenvalue weighted by molar-refractivity contribution is 9.09. The van der Waals surface area contributed by atoms with Crippen molar-refractivity contribution in [2.24, 2.45) is 0 Å². The summed E-state index contributed by atoms with van der Waals surface area (Å²) in [7, 11) is 0. The van der Waals surface area contributed by atoms with E-state index in [1.165, 1.54) is 0 Å². The van der Waals surface area contributed by atoms with Crippen LogP contribution in [0.1, 0.15) is 32.6 Å². The highest BCUT2D eigenvalue weighted by Gasteiger charge is 2.27. The molecular formula is C12H20BrClO2. The molecule has 0 saturated heterocycles. The largest absolute Gasteiger partial charge is 0.396 e. The number of halogens is 2. The molecule has 0 fully saturated rings. The first-order valence-electron chi connectivity index (χ1n) is 5.88. The first kappa shape index (κ1) is 14.5. The minimum absolute atomic E-state index is 0.0391. The summed E-state index contributed by atoms with van der Waals surface area (Å²) in [5.74, 6) is 0. The Morgan fingerprint density at radius 2 is 2.19 bits per heavy atom. The average Bonchev–Trinajstić information content (AvgIpc) is 2.28. The van der Waals surface area contributed by atoms with Crippen molar-refractivity contribution in [2.75, 3.05) is 6.61 Å². The number of hydrogen-bond donors (Lipinski definition) is 1. The van der Waals surface area contributed by atoms with Gasteiger partial charge in [0.25, 0.3) is 0 Å². The van der Waals surface area contributed by atoms with Crippen molar-refractivity contribution in [2.45, 2.75) is 55.0 Å². The van der Waals surface area contributed by atoms with Gasteiger partial charge in [0.05, 0.1) is 17.6 Å². The van der Waals surface area contributed by atoms with Crippen LogP contribution in [0.15, 0.2) is 12.2 Å². The van der Waals surface area contributed by atoms with E-state index in [2.05, 4.69) is 35.0 Å². The van der Waals surface area contributed by atoms with Gasteiger partial charge in [-0.2, -0.15) is 0 Å². The van der Waals surface area contributed by atoms with Crippen molar-refractivity contribution in [3.63, 3.8) is 0 Å². The van der Waals surface area contributed by atoms with Gasteiger partial charge in [0, 0.05) is 11.4 Å². The van der Waals surface area contributed by atoms with Crippen LogP contribution < -0.4 is 0 Å². The molecule has 1 aliphatic heterocycles. The van der Waals surface area contributed by atoms with Gasteiger partial charge in [0.1, 0.15) is 0 Å². The number of allylic oxidation sites excluding steroid dienone is 1. The van der Waals surface area contributed by atoms with E-state index in [1.54, 1.807) is 0 Å². The molecule has 0 unspecified atom stereocenters. The lowest BCUT2D eigenvalue weighted by Gasteiger charge is -2.30. The monoisotopic (exact) mass is 310 g/mol. The second-order valence-corrected chi connectivity index (χ2v) is 5.85. The van der Waals surface area contributed by atoms with Crippen LogP contribution in [0.5, 0.6) is 0 Å². The quantitative estimate of drug-likeness (QED) is 0.638. The first-order chi connectivity index (χ1) is 7.69. The van der Waals surface area contributed by atoms with Gasteiger partial charge in [-0.25, -0.2) is 0 Å². The molecule has 0 aromatic heterocycles. The fourth-order valence-electron chi connectivity index (χ4n) is 1.85. The summed E-state index contributed by atoms with van der Waals surface area (Å²) >= 11 is 9.88. The maximum absolute atomic E-state index is 9.01. The summed E-state index contributed by atoms with van der Waals surface area (Å²) in [4.78, 5) is 0.348. The van der Waals surface area contributed by atoms with Crippen LogP contribution in [0.25, 0.3) is 0 Å². The molecule has 0 aliphatic carbocycles. The Morgan fingerprint density at radius 1 is 1.50 bits per heavy atom. The Bertz CT molecular complexity index is 223. The van der Waals surface area contributed by atoms with Gasteiger partial charge in [0.15, 0.2) is 0 Å². The number of alkyl halides is 2. The molecule has 1 aliphatic rings. The molecule has 0 bridgehead atoms. The number of aliphatic hydroxyl groups excluding tert-OH is 1. The van der Waals surface area contributed by atoms with Crippen LogP contribution in [0, 0.1) is 0 Å². The van der Waals surface area contributed by atoms with Gasteiger partial charge < -0.3 is 9.84 Å². The maximum Gasteiger partial charge on any atom is 0.0767 e. The third-order valence-corrected chi connectivity index (χ3v) is 4.55. The molecule has 0 aromatic rings. The zero-order valence-electron chi connectivity index (χ0n) is 9.61. The van der Waals surface area contributed by atoms with Crippen LogP contribution in [0.4, 0.5) is 0 Å². The van der Waals surface area contributed by atoms with Crippen LogP contribution in [0.3, 0.4) is 0 Å². The lowest BCUT2D eigenvalue weighted by atomic mass is 10.0. The molecule has 0 aromatic carbocycles. The van der Waals surface area contributed by atoms with E-state index in [0.717, 1.165) is 19.3 Å². The molecule has 0 spiro atoms. The van der Waals surface area contributed by atoms with Crippen molar-refractivity contribution in [1.82, 2.24) is 0 Å². The summed E-state index contributed by atoms with van der Waals surface area (Å²) in [6, 6.07) is 0. The minimum Gasteiger partial charge on any atom is -0.396 e. The zero-order chi connectivity index (χ0) is 12.0. The molecule has 0 saturated carbocycles. The molecular weight excluding hydrogens is 291 g/mol. The Kier molecular flexibility index (Phi) is 6.97. The van der Waals surface area contributed by atoms with Gasteiger partial charge in [0.2, 0.25) is 0 Å². The SMILES string of the molecule is CC[C@H](Br)[C@H]1C/C=C\C[C@H](Cl)[C@H](CCO)O1. The topological polar surface area (TPSA) is 29.5 Å². The van der Waals surface area contributed by atoms with Crippen LogP contribution >= 0.6 is 27.5 Å². The molecule has 1 N–H and O–H groups in total. The molecule has 0 amide bonds. The van der Waals surface area contributed by atoms with Gasteiger partial charge >= 0.3 is 0 Å². The average molecular weight is 312 g/mol. The van der Waals surface area contributed by atoms with Crippen molar-refractivity contribution in [1.29, 1.82) is 0 Å². The van der Waals surface area contributed by atoms with Gasteiger partial charge in [-0.1, -0.05) is 35.0 Å². The first-order valence-corrected chi connectivity index (χ1v) is 7.23. The normalized spacial score (nSPS) is 35.1. The van der Waals surface area contributed by atoms with Crippen LogP contribution in [0.2, 0.25) is 0 Å². The van der Waals surface area contributed by atoms with E-state index in [9.17, 15) is 0 Å². The van der Waals surface area contributed by atoms with Crippen LogP contribution in [-0.2, 0) is 4.74 Å². The van der Waals surface area contributed by atoms with E-state index in [1.807, 2.05) is 0 Å². The fraction of sp³-hybridized carbons (Fsp3) is 0.833. The highest BCUT2D eigenvalue weighted by atomic mass is 79.9. The zero-order valence-corrected chi connectivity index (χ0v) is 12.0. The van der Waals surface area contributed by atoms with Crippen molar-refractivity contribution < 1.29 is 9.84 Å². The lowest BCUT2D eigenvalue weighted by Crippen LogP contribution is -2.35. The predicted molar refractivity (Wildman–Crippen MR) is 71.4 cm³/mol.